The average molecular weight is 1140 g/mol. The third kappa shape index (κ3) is 31.6. The van der Waals surface area contributed by atoms with Crippen molar-refractivity contribution < 1.29 is 61.4 Å². The molecule has 444 valence electrons. The number of hydrogen-bond acceptors (Lipinski definition) is 21. The number of rotatable bonds is 47. The van der Waals surface area contributed by atoms with Crippen molar-refractivity contribution >= 4 is 38.1 Å². The molecule has 5 amide bonds. The molecular formula is C49H85N16O13P. The molecule has 3 aromatic rings. The van der Waals surface area contributed by atoms with Gasteiger partial charge in [0, 0.05) is 90.5 Å². The molecule has 0 saturated heterocycles. The van der Waals surface area contributed by atoms with Gasteiger partial charge in [-0.05, 0) is 53.4 Å². The second-order valence-corrected chi connectivity index (χ2v) is 20.3. The van der Waals surface area contributed by atoms with Gasteiger partial charge in [-0.25, -0.2) is 4.67 Å². The molecule has 0 bridgehead atoms. The minimum atomic E-state index is -1.58. The maximum absolute atomic E-state index is 13.9. The Morgan fingerprint density at radius 2 is 0.924 bits per heavy atom. The van der Waals surface area contributed by atoms with Crippen molar-refractivity contribution in [3.63, 3.8) is 0 Å². The predicted molar refractivity (Wildman–Crippen MR) is 285 cm³/mol. The fraction of sp³-hybridized carbons (Fsp3) is 0.755. The van der Waals surface area contributed by atoms with Crippen LogP contribution in [-0.2, 0) is 102 Å². The lowest BCUT2D eigenvalue weighted by Crippen LogP contribution is -2.50. The zero-order chi connectivity index (χ0) is 57.5. The predicted octanol–water partition coefficient (Wildman–Crippen LogP) is 1.15. The van der Waals surface area contributed by atoms with E-state index >= 15 is 0 Å². The lowest BCUT2D eigenvalue weighted by molar-refractivity contribution is -0.128. The molecule has 5 N–H and O–H groups in total. The normalized spacial score (nSPS) is 12.0. The van der Waals surface area contributed by atoms with Gasteiger partial charge in [0.25, 0.3) is 8.53 Å². The van der Waals surface area contributed by atoms with Crippen LogP contribution in [0.5, 0.6) is 0 Å². The van der Waals surface area contributed by atoms with Gasteiger partial charge in [-0.15, -0.1) is 15.3 Å². The molecule has 3 rings (SSSR count). The maximum Gasteiger partial charge on any atom is 0.261 e. The third-order valence-corrected chi connectivity index (χ3v) is 13.4. The van der Waals surface area contributed by atoms with Gasteiger partial charge in [-0.2, -0.15) is 5.26 Å². The smallest absolute Gasteiger partial charge is 0.261 e. The summed E-state index contributed by atoms with van der Waals surface area (Å²) >= 11 is 0. The Morgan fingerprint density at radius 1 is 0.544 bits per heavy atom. The van der Waals surface area contributed by atoms with E-state index in [-0.39, 0.29) is 192 Å². The van der Waals surface area contributed by atoms with Crippen LogP contribution in [-0.4, -0.2) is 189 Å². The molecular weight excluding hydrogens is 1050 g/mol. The molecule has 0 saturated carbocycles. The average Bonchev–Trinajstić information content (AvgIpc) is 4.16. The minimum absolute atomic E-state index is 0.00990. The molecule has 0 aromatic carbocycles. The number of amides is 5. The summed E-state index contributed by atoms with van der Waals surface area (Å²) in [5.41, 5.74) is 0.870. The molecule has 0 fully saturated rings. The first-order valence-corrected chi connectivity index (χ1v) is 27.8. The van der Waals surface area contributed by atoms with E-state index in [2.05, 4.69) is 63.6 Å². The topological polar surface area (TPSA) is 338 Å². The molecule has 0 aliphatic heterocycles. The van der Waals surface area contributed by atoms with Crippen molar-refractivity contribution in [1.82, 2.24) is 76.2 Å². The molecule has 0 aliphatic carbocycles. The highest BCUT2D eigenvalue weighted by atomic mass is 31.2. The Balaban J connectivity index is 1.61. The molecule has 1 atom stereocenters. The summed E-state index contributed by atoms with van der Waals surface area (Å²) in [6, 6.07) is 2.20. The Labute approximate surface area is 464 Å². The summed E-state index contributed by atoms with van der Waals surface area (Å²) in [7, 11) is 3.72. The van der Waals surface area contributed by atoms with Crippen molar-refractivity contribution in [1.29, 1.82) is 5.26 Å². The molecule has 79 heavy (non-hydrogen) atoms. The van der Waals surface area contributed by atoms with Crippen molar-refractivity contribution in [2.24, 2.45) is 21.1 Å². The maximum atomic E-state index is 13.9. The van der Waals surface area contributed by atoms with Gasteiger partial charge in [0.1, 0.15) is 23.8 Å². The van der Waals surface area contributed by atoms with Crippen LogP contribution in [0.25, 0.3) is 0 Å². The Bertz CT molecular complexity index is 2040. The zero-order valence-electron chi connectivity index (χ0n) is 47.2. The van der Waals surface area contributed by atoms with Crippen molar-refractivity contribution in [2.45, 2.75) is 129 Å². The van der Waals surface area contributed by atoms with Crippen LogP contribution >= 0.6 is 8.53 Å². The fourth-order valence-corrected chi connectivity index (χ4v) is 9.10. The van der Waals surface area contributed by atoms with Gasteiger partial charge in [0.15, 0.2) is 0 Å². The van der Waals surface area contributed by atoms with E-state index in [1.54, 1.807) is 53.8 Å². The van der Waals surface area contributed by atoms with E-state index in [1.165, 1.54) is 0 Å². The van der Waals surface area contributed by atoms with Gasteiger partial charge >= 0.3 is 0 Å². The summed E-state index contributed by atoms with van der Waals surface area (Å²) in [6.45, 7) is 12.0. The molecule has 1 unspecified atom stereocenters. The van der Waals surface area contributed by atoms with Crippen LogP contribution in [0.3, 0.4) is 0 Å². The lowest BCUT2D eigenvalue weighted by atomic mass is 9.82. The summed E-state index contributed by atoms with van der Waals surface area (Å²) in [4.78, 5) is 67.0. The van der Waals surface area contributed by atoms with E-state index in [0.29, 0.717) is 36.9 Å². The number of nitriles is 1. The number of carbonyl (C=O) groups excluding carboxylic acids is 5. The monoisotopic (exact) mass is 1140 g/mol. The molecule has 0 aliphatic rings. The molecule has 0 radical (unpaired) electrons. The van der Waals surface area contributed by atoms with E-state index in [0.717, 1.165) is 0 Å². The first-order valence-electron chi connectivity index (χ1n) is 26.7. The van der Waals surface area contributed by atoms with Gasteiger partial charge in [-0.3, -0.25) is 38.0 Å². The molecule has 0 spiro atoms. The number of carbonyl (C=O) groups is 5. The van der Waals surface area contributed by atoms with E-state index in [9.17, 15) is 24.0 Å². The molecule has 3 aromatic heterocycles. The van der Waals surface area contributed by atoms with Crippen molar-refractivity contribution in [3.8, 4) is 6.07 Å². The van der Waals surface area contributed by atoms with Crippen LogP contribution in [0.2, 0.25) is 0 Å². The Hall–Kier alpha value is -5.67. The van der Waals surface area contributed by atoms with Crippen molar-refractivity contribution in [2.75, 3.05) is 92.4 Å². The van der Waals surface area contributed by atoms with Crippen LogP contribution < -0.4 is 26.6 Å². The van der Waals surface area contributed by atoms with Gasteiger partial charge in [0.05, 0.1) is 117 Å². The third-order valence-electron chi connectivity index (χ3n) is 11.3. The Kier molecular flexibility index (Phi) is 34.7. The summed E-state index contributed by atoms with van der Waals surface area (Å²) < 4.78 is 52.3. The van der Waals surface area contributed by atoms with E-state index in [4.69, 9.17) is 42.7 Å². The molecule has 30 heteroatoms. The number of ether oxygens (including phenoxy) is 6. The van der Waals surface area contributed by atoms with Crippen LogP contribution in [0, 0.1) is 11.3 Å². The Morgan fingerprint density at radius 3 is 1.29 bits per heavy atom. The van der Waals surface area contributed by atoms with E-state index in [1.807, 2.05) is 32.4 Å². The van der Waals surface area contributed by atoms with Crippen LogP contribution in [0.1, 0.15) is 109 Å². The van der Waals surface area contributed by atoms with Crippen LogP contribution in [0.4, 0.5) is 0 Å². The van der Waals surface area contributed by atoms with E-state index < -0.39 is 20.0 Å². The van der Waals surface area contributed by atoms with Gasteiger partial charge in [-0.1, -0.05) is 15.6 Å². The largest absolute Gasteiger partial charge is 0.377 e. The number of aryl methyl sites for hydroxylation is 3. The zero-order valence-corrected chi connectivity index (χ0v) is 48.0. The number of hydrogen-bond donors (Lipinski definition) is 5. The molecule has 29 nitrogen and oxygen atoms in total. The summed E-state index contributed by atoms with van der Waals surface area (Å²) in [5.74, 6) is -1.76. The number of nitrogens with one attached hydrogen (secondary N) is 5. The highest BCUT2D eigenvalue weighted by Gasteiger charge is 2.34. The van der Waals surface area contributed by atoms with Crippen molar-refractivity contribution in [3.05, 3.63) is 35.7 Å². The van der Waals surface area contributed by atoms with Gasteiger partial charge < -0.3 is 64.1 Å². The number of aromatic nitrogens is 9. The number of nitrogens with zero attached hydrogens (tertiary/aromatic N) is 11. The standard InChI is InChI=1S/C49H85N16O13P/c1-39(2)65(40(3)4)79(77-22-9-18-50)78-38-54-44(66)10-8-11-48(70)55-49(15-12-45(67)51-19-23-71-26-29-74-35-41-32-62(5)59-56-41,16-13-46(68)52-20-24-72-27-30-75-36-42-33-63(6)60-57-42)17-14-47(69)53-21-25-73-28-31-76-37-43-34-64(7)61-58-43/h32-34,39-40H,8-17,19-31,35-38H2,1-7H3,(H,51,67)(H,52,68)(H,53,69)(H,54,66)(H,55,70). The summed E-state index contributed by atoms with van der Waals surface area (Å²) in [6.07, 6.45) is 5.62. The summed E-state index contributed by atoms with van der Waals surface area (Å²) in [5, 5.41) is 47.0. The lowest BCUT2D eigenvalue weighted by Gasteiger charge is -2.35. The fourth-order valence-electron chi connectivity index (χ4n) is 7.59. The highest BCUT2D eigenvalue weighted by Crippen LogP contribution is 2.45. The highest BCUT2D eigenvalue weighted by molar-refractivity contribution is 7.44. The second-order valence-electron chi connectivity index (χ2n) is 18.8. The first kappa shape index (κ1) is 67.6. The quantitative estimate of drug-likeness (QED) is 0.0301. The SMILES string of the molecule is CC(C)N(C(C)C)P(OCCC#N)OCNC(=O)CCCC(=O)NC(CCC(=O)NCCOCCOCc1cn(C)nn1)(CCC(=O)NCCOCCOCc1cn(C)nn1)CCC(=O)NCCOCCOCc1cn(C)nn1. The first-order chi connectivity index (χ1) is 38.1. The van der Waals surface area contributed by atoms with Crippen LogP contribution in [0.15, 0.2) is 18.6 Å². The molecule has 3 heterocycles. The van der Waals surface area contributed by atoms with Gasteiger partial charge in [0.2, 0.25) is 29.5 Å². The second kappa shape index (κ2) is 40.5. The minimum Gasteiger partial charge on any atom is -0.377 e.